The van der Waals surface area contributed by atoms with Crippen LogP contribution in [-0.2, 0) is 19.1 Å². The van der Waals surface area contributed by atoms with Gasteiger partial charge in [0.1, 0.15) is 17.5 Å². The number of hydrogen-bond donors (Lipinski definition) is 1. The Morgan fingerprint density at radius 3 is 3.14 bits per heavy atom. The van der Waals surface area contributed by atoms with Gasteiger partial charge in [-0.1, -0.05) is 0 Å². The van der Waals surface area contributed by atoms with E-state index in [1.165, 1.54) is 0 Å². The lowest BCUT2D eigenvalue weighted by Gasteiger charge is -2.32. The van der Waals surface area contributed by atoms with Gasteiger partial charge in [0.2, 0.25) is 5.70 Å². The molecule has 114 valence electrons. The van der Waals surface area contributed by atoms with Gasteiger partial charge in [-0.15, -0.1) is 4.00 Å². The lowest BCUT2D eigenvalue weighted by Crippen LogP contribution is -2.37. The highest BCUT2D eigenvalue weighted by molar-refractivity contribution is 9.18. The summed E-state index contributed by atoms with van der Waals surface area (Å²) in [5, 5.41) is 15.7. The maximum Gasteiger partial charge on any atom is 0.300 e. The van der Waals surface area contributed by atoms with Gasteiger partial charge in [0, 0.05) is 34.2 Å². The largest absolute Gasteiger partial charge is 0.378 e. The maximum absolute atomic E-state index is 11.4. The van der Waals surface area contributed by atoms with Gasteiger partial charge < -0.3 is 5.11 Å². The average Bonchev–Trinajstić information content (AvgIpc) is 3.00. The number of fused-ring (bicyclic) bond motifs is 2. The lowest BCUT2D eigenvalue weighted by molar-refractivity contribution is -0.595. The number of quaternary nitrogens is 1. The Morgan fingerprint density at radius 2 is 2.32 bits per heavy atom. The zero-order valence-corrected chi connectivity index (χ0v) is 14.2. The predicted octanol–water partition coefficient (Wildman–Crippen LogP) is 2.45. The number of hydrogen-bond acceptors (Lipinski definition) is 4. The molecule has 3 heterocycles. The lowest BCUT2D eigenvalue weighted by atomic mass is 9.80. The van der Waals surface area contributed by atoms with E-state index >= 15 is 0 Å². The van der Waals surface area contributed by atoms with Crippen molar-refractivity contribution < 1.29 is 9.11 Å². The van der Waals surface area contributed by atoms with Crippen molar-refractivity contribution >= 4 is 38.7 Å². The van der Waals surface area contributed by atoms with Crippen LogP contribution in [0.3, 0.4) is 0 Å². The highest BCUT2D eigenvalue weighted by Crippen LogP contribution is 2.48. The molecule has 0 saturated carbocycles. The molecule has 1 aliphatic carbocycles. The average molecular weight is 384 g/mol. The molecule has 22 heavy (non-hydrogen) atoms. The minimum atomic E-state index is -1.19. The summed E-state index contributed by atoms with van der Waals surface area (Å²) >= 11 is 10.0. The summed E-state index contributed by atoms with van der Waals surface area (Å²) in [7, 11) is 1.89. The molecule has 1 aromatic heterocycles. The van der Waals surface area contributed by atoms with Crippen molar-refractivity contribution in [2.24, 2.45) is 17.0 Å². The standard InChI is InChI=1S/C14H14BrClN5O/c1-20-10-3-2-4-14(22,9(10)7-18-20)12-11-8-17-5-6-21(11,16)13(15)19-12/h5-8,22H,2-4H2,1H3/q+1. The first-order valence-electron chi connectivity index (χ1n) is 7.00. The predicted molar refractivity (Wildman–Crippen MR) is 87.2 cm³/mol. The fraction of sp³-hybridized carbons (Fsp3) is 0.357. The number of amidine groups is 1. The highest BCUT2D eigenvalue weighted by Gasteiger charge is 2.52. The minimum Gasteiger partial charge on any atom is -0.378 e. The van der Waals surface area contributed by atoms with Crippen LogP contribution >= 0.6 is 27.7 Å². The first-order valence-corrected chi connectivity index (χ1v) is 8.13. The number of aliphatic hydroxyl groups is 1. The Morgan fingerprint density at radius 1 is 1.50 bits per heavy atom. The number of aromatic nitrogens is 2. The number of aliphatic imine (C=N–C) groups is 2. The third kappa shape index (κ3) is 1.70. The Labute approximate surface area is 140 Å². The molecule has 8 heteroatoms. The molecule has 6 nitrogen and oxygen atoms in total. The van der Waals surface area contributed by atoms with Gasteiger partial charge in [-0.25, -0.2) is 0 Å². The van der Waals surface area contributed by atoms with E-state index in [0.717, 1.165) is 24.1 Å². The maximum atomic E-state index is 11.4. The number of halogens is 2. The summed E-state index contributed by atoms with van der Waals surface area (Å²) < 4.78 is 2.21. The molecule has 0 radical (unpaired) electrons. The van der Waals surface area contributed by atoms with Gasteiger partial charge in [-0.2, -0.15) is 10.1 Å². The molecule has 2 unspecified atom stereocenters. The van der Waals surface area contributed by atoms with Crippen molar-refractivity contribution in [2.75, 3.05) is 0 Å². The van der Waals surface area contributed by atoms with Crippen LogP contribution in [0.15, 0.2) is 40.0 Å². The summed E-state index contributed by atoms with van der Waals surface area (Å²) in [6, 6.07) is 0. The van der Waals surface area contributed by atoms with Crippen molar-refractivity contribution in [3.8, 4) is 0 Å². The Balaban J connectivity index is 1.94. The van der Waals surface area contributed by atoms with Crippen molar-refractivity contribution in [2.45, 2.75) is 24.9 Å². The second-order valence-electron chi connectivity index (χ2n) is 5.67. The normalized spacial score (nSPS) is 33.0. The molecule has 4 rings (SSSR count). The van der Waals surface area contributed by atoms with E-state index in [-0.39, 0.29) is 4.00 Å². The zero-order chi connectivity index (χ0) is 15.5. The molecule has 3 aliphatic rings. The molecule has 0 bridgehead atoms. The molecular formula is C14H14BrClN5O+. The smallest absolute Gasteiger partial charge is 0.300 e. The van der Waals surface area contributed by atoms with Crippen molar-refractivity contribution in [3.63, 3.8) is 0 Å². The van der Waals surface area contributed by atoms with E-state index in [1.807, 2.05) is 11.7 Å². The van der Waals surface area contributed by atoms with Crippen LogP contribution in [-0.4, -0.2) is 29.8 Å². The highest BCUT2D eigenvalue weighted by atomic mass is 79.9. The number of nitrogens with zero attached hydrogens (tertiary/aromatic N) is 5. The van der Waals surface area contributed by atoms with E-state index in [1.54, 1.807) is 24.8 Å². The van der Waals surface area contributed by atoms with Crippen molar-refractivity contribution in [3.05, 3.63) is 41.2 Å². The monoisotopic (exact) mass is 382 g/mol. The molecular weight excluding hydrogens is 370 g/mol. The van der Waals surface area contributed by atoms with Crippen LogP contribution in [0.5, 0.6) is 0 Å². The van der Waals surface area contributed by atoms with Crippen LogP contribution in [0.1, 0.15) is 24.1 Å². The van der Waals surface area contributed by atoms with Gasteiger partial charge in [-0.3, -0.25) is 9.67 Å². The Kier molecular flexibility index (Phi) is 3.00. The van der Waals surface area contributed by atoms with E-state index in [2.05, 4.69) is 31.0 Å². The van der Waals surface area contributed by atoms with Crippen LogP contribution in [0.2, 0.25) is 0 Å². The number of allylic oxidation sites excluding steroid dienone is 1. The van der Waals surface area contributed by atoms with Gasteiger partial charge >= 0.3 is 0 Å². The minimum absolute atomic E-state index is 0.128. The summed E-state index contributed by atoms with van der Waals surface area (Å²) in [5.74, 6) is 0. The quantitative estimate of drug-likeness (QED) is 0.598. The second kappa shape index (κ2) is 4.61. The van der Waals surface area contributed by atoms with Crippen LogP contribution in [0.25, 0.3) is 0 Å². The zero-order valence-electron chi connectivity index (χ0n) is 11.9. The molecule has 2 aliphatic heterocycles. The van der Waals surface area contributed by atoms with Crippen LogP contribution < -0.4 is 0 Å². The van der Waals surface area contributed by atoms with Crippen LogP contribution in [0, 0.1) is 0 Å². The molecule has 2 atom stereocenters. The summed E-state index contributed by atoms with van der Waals surface area (Å²) in [5.41, 5.74) is 1.85. The topological polar surface area (TPSA) is 62.8 Å². The fourth-order valence-electron chi connectivity index (χ4n) is 3.31. The fourth-order valence-corrected chi connectivity index (χ4v) is 4.01. The number of aryl methyl sites for hydroxylation is 1. The van der Waals surface area contributed by atoms with E-state index in [0.29, 0.717) is 22.6 Å². The molecule has 0 saturated heterocycles. The summed E-state index contributed by atoms with van der Waals surface area (Å²) in [4.78, 5) is 8.68. The molecule has 1 aromatic rings. The van der Waals surface area contributed by atoms with E-state index in [9.17, 15) is 5.11 Å². The van der Waals surface area contributed by atoms with Gasteiger partial charge in [0.15, 0.2) is 11.8 Å². The van der Waals surface area contributed by atoms with Crippen molar-refractivity contribution in [1.29, 1.82) is 0 Å². The molecule has 0 amide bonds. The van der Waals surface area contributed by atoms with Gasteiger partial charge in [0.25, 0.3) is 4.74 Å². The number of rotatable bonds is 1. The second-order valence-corrected chi connectivity index (χ2v) is 6.91. The molecule has 1 N–H and O–H groups in total. The summed E-state index contributed by atoms with van der Waals surface area (Å²) in [6.45, 7) is 0. The van der Waals surface area contributed by atoms with E-state index in [4.69, 9.17) is 11.8 Å². The van der Waals surface area contributed by atoms with Crippen molar-refractivity contribution in [1.82, 2.24) is 9.78 Å². The molecule has 0 spiro atoms. The molecule has 0 fully saturated rings. The summed E-state index contributed by atoms with van der Waals surface area (Å²) in [6.07, 6.45) is 9.07. The van der Waals surface area contributed by atoms with E-state index < -0.39 is 5.60 Å². The first-order chi connectivity index (χ1) is 10.5. The third-order valence-electron chi connectivity index (χ3n) is 4.47. The van der Waals surface area contributed by atoms with Gasteiger partial charge in [-0.05, 0) is 19.3 Å². The first kappa shape index (κ1) is 14.3. The molecule has 0 aromatic carbocycles. The Bertz CT molecular complexity index is 795. The Hall–Kier alpha value is -1.28. The van der Waals surface area contributed by atoms with Gasteiger partial charge in [0.05, 0.1) is 18.6 Å². The third-order valence-corrected chi connectivity index (χ3v) is 5.87. The SMILES string of the molecule is Cn1ncc2c1CCCC2(O)C1=C2C=NC=C[N+]2(Cl)C(Br)=N1. The van der Waals surface area contributed by atoms with Crippen LogP contribution in [0.4, 0.5) is 0 Å².